The second-order valence-electron chi connectivity index (χ2n) is 11.4. The molecule has 0 aromatic rings. The zero-order valence-electron chi connectivity index (χ0n) is 19.1. The summed E-state index contributed by atoms with van der Waals surface area (Å²) in [5.74, 6) is 6.76. The number of aliphatic hydroxyl groups is 1. The Labute approximate surface area is 174 Å². The molecule has 1 heteroatoms. The van der Waals surface area contributed by atoms with Crippen molar-refractivity contribution in [1.82, 2.24) is 0 Å². The molecule has 4 aliphatic rings. The summed E-state index contributed by atoms with van der Waals surface area (Å²) in [7, 11) is 0. The molecule has 4 rings (SSSR count). The third-order valence-corrected chi connectivity index (χ3v) is 10.4. The molecule has 0 aliphatic heterocycles. The fourth-order valence-electron chi connectivity index (χ4n) is 8.46. The Bertz CT molecular complexity index is 561. The van der Waals surface area contributed by atoms with E-state index in [1.165, 1.54) is 64.2 Å². The van der Waals surface area contributed by atoms with E-state index in [4.69, 9.17) is 0 Å². The lowest BCUT2D eigenvalue weighted by Gasteiger charge is -2.55. The Kier molecular flexibility index (Phi) is 6.32. The molecule has 4 aliphatic carbocycles. The molecule has 0 aromatic heterocycles. The second-order valence-corrected chi connectivity index (χ2v) is 11.4. The molecule has 0 heterocycles. The minimum Gasteiger partial charge on any atom is -0.393 e. The molecular weight excluding hydrogens is 340 g/mol. The molecule has 0 spiro atoms. The summed E-state index contributed by atoms with van der Waals surface area (Å²) in [6, 6.07) is 0. The second kappa shape index (κ2) is 8.44. The van der Waals surface area contributed by atoms with E-state index < -0.39 is 0 Å². The van der Waals surface area contributed by atoms with Crippen molar-refractivity contribution in [2.24, 2.45) is 46.8 Å². The number of rotatable bonds is 6. The molecule has 1 nitrogen and oxygen atoms in total. The van der Waals surface area contributed by atoms with Crippen molar-refractivity contribution in [2.75, 3.05) is 0 Å². The van der Waals surface area contributed by atoms with Crippen LogP contribution in [0.5, 0.6) is 0 Å². The van der Waals surface area contributed by atoms with Crippen molar-refractivity contribution in [3.05, 3.63) is 11.6 Å². The van der Waals surface area contributed by atoms with Crippen LogP contribution in [0.3, 0.4) is 0 Å². The van der Waals surface area contributed by atoms with Crippen LogP contribution in [0.15, 0.2) is 11.6 Å². The fourth-order valence-corrected chi connectivity index (χ4v) is 8.46. The summed E-state index contributed by atoms with van der Waals surface area (Å²) in [5, 5.41) is 10.2. The molecule has 8 atom stereocenters. The van der Waals surface area contributed by atoms with Crippen LogP contribution >= 0.6 is 0 Å². The Morgan fingerprint density at radius 3 is 2.50 bits per heavy atom. The minimum atomic E-state index is -0.0704. The first-order valence-electron chi connectivity index (χ1n) is 12.8. The van der Waals surface area contributed by atoms with Crippen molar-refractivity contribution in [3.8, 4) is 0 Å². The molecule has 0 bridgehead atoms. The van der Waals surface area contributed by atoms with Gasteiger partial charge in [0.05, 0.1) is 6.10 Å². The van der Waals surface area contributed by atoms with Crippen LogP contribution in [-0.4, -0.2) is 11.2 Å². The highest BCUT2D eigenvalue weighted by atomic mass is 16.3. The number of allylic oxidation sites excluding steroid dienone is 1. The fraction of sp³-hybridized carbons (Fsp3) is 0.926. The van der Waals surface area contributed by atoms with Gasteiger partial charge in [0.15, 0.2) is 0 Å². The van der Waals surface area contributed by atoms with Crippen LogP contribution in [0.2, 0.25) is 0 Å². The summed E-state index contributed by atoms with van der Waals surface area (Å²) in [5.41, 5.74) is 2.03. The highest BCUT2D eigenvalue weighted by molar-refractivity contribution is 5.24. The molecule has 28 heavy (non-hydrogen) atoms. The standard InChI is InChI=1S/C27H46O/c1-5-19(6-2)8-7-18(3)22-11-12-24-23(22)13-14-26-25(24)10-9-20-17-21(28)15-16-27(20,26)4/h9,18-19,21-26,28H,5-8,10-17H2,1-4H3/t18-,21+,22-,23-,24-,25+,26+,27+/m1/s1. The van der Waals surface area contributed by atoms with Crippen LogP contribution in [0.1, 0.15) is 105 Å². The zero-order chi connectivity index (χ0) is 19.9. The normalized spacial score (nSPS) is 43.9. The van der Waals surface area contributed by atoms with Gasteiger partial charge in [-0.2, -0.15) is 0 Å². The Hall–Kier alpha value is -0.300. The first-order chi connectivity index (χ1) is 13.5. The smallest absolute Gasteiger partial charge is 0.0577 e. The minimum absolute atomic E-state index is 0.0704. The Balaban J connectivity index is 1.43. The van der Waals surface area contributed by atoms with E-state index in [-0.39, 0.29) is 6.10 Å². The molecule has 0 radical (unpaired) electrons. The Morgan fingerprint density at radius 1 is 1.00 bits per heavy atom. The summed E-state index contributed by atoms with van der Waals surface area (Å²) < 4.78 is 0. The third kappa shape index (κ3) is 3.63. The lowest BCUT2D eigenvalue weighted by atomic mass is 9.50. The summed E-state index contributed by atoms with van der Waals surface area (Å²) >= 11 is 0. The van der Waals surface area contributed by atoms with E-state index in [2.05, 4.69) is 33.8 Å². The molecule has 0 aromatic carbocycles. The van der Waals surface area contributed by atoms with Gasteiger partial charge in [0.1, 0.15) is 0 Å². The van der Waals surface area contributed by atoms with Gasteiger partial charge in [-0.25, -0.2) is 0 Å². The lowest BCUT2D eigenvalue weighted by molar-refractivity contribution is -0.0153. The molecule has 0 saturated heterocycles. The summed E-state index contributed by atoms with van der Waals surface area (Å²) in [6.07, 6.45) is 18.7. The van der Waals surface area contributed by atoms with Crippen LogP contribution < -0.4 is 0 Å². The van der Waals surface area contributed by atoms with E-state index in [0.29, 0.717) is 5.41 Å². The van der Waals surface area contributed by atoms with E-state index in [9.17, 15) is 5.11 Å². The van der Waals surface area contributed by atoms with Gasteiger partial charge in [-0.3, -0.25) is 0 Å². The van der Waals surface area contributed by atoms with Crippen molar-refractivity contribution in [1.29, 1.82) is 0 Å². The van der Waals surface area contributed by atoms with Gasteiger partial charge in [-0.15, -0.1) is 0 Å². The first kappa shape index (κ1) is 21.0. The van der Waals surface area contributed by atoms with E-state index >= 15 is 0 Å². The van der Waals surface area contributed by atoms with Gasteiger partial charge in [-0.05, 0) is 98.2 Å². The van der Waals surface area contributed by atoms with Gasteiger partial charge in [0.2, 0.25) is 0 Å². The maximum atomic E-state index is 10.2. The van der Waals surface area contributed by atoms with E-state index in [0.717, 1.165) is 54.3 Å². The van der Waals surface area contributed by atoms with Crippen LogP contribution in [0.4, 0.5) is 0 Å². The predicted octanol–water partition coefficient (Wildman–Crippen LogP) is 7.39. The van der Waals surface area contributed by atoms with Gasteiger partial charge >= 0.3 is 0 Å². The average molecular weight is 387 g/mol. The van der Waals surface area contributed by atoms with Gasteiger partial charge < -0.3 is 5.11 Å². The zero-order valence-corrected chi connectivity index (χ0v) is 19.1. The highest BCUT2D eigenvalue weighted by Crippen LogP contribution is 2.63. The van der Waals surface area contributed by atoms with Crippen LogP contribution in [0.25, 0.3) is 0 Å². The van der Waals surface area contributed by atoms with E-state index in [1.54, 1.807) is 5.57 Å². The SMILES string of the molecule is CCC(CC)CC[C@@H](C)[C@H]1CC[C@@H]2[C@@H]1CC[C@H]1[C@H]2CC=C2C[C@@H](O)CC[C@@]21C. The maximum Gasteiger partial charge on any atom is 0.0577 e. The monoisotopic (exact) mass is 386 g/mol. The van der Waals surface area contributed by atoms with Crippen molar-refractivity contribution >= 4 is 0 Å². The van der Waals surface area contributed by atoms with Crippen molar-refractivity contribution in [2.45, 2.75) is 111 Å². The molecule has 160 valence electrons. The molecular formula is C27H46O. The topological polar surface area (TPSA) is 20.2 Å². The average Bonchev–Trinajstić information content (AvgIpc) is 3.13. The number of hydrogen-bond donors (Lipinski definition) is 1. The van der Waals surface area contributed by atoms with Gasteiger partial charge in [-0.1, -0.05) is 65.0 Å². The number of fused-ring (bicyclic) bond motifs is 5. The number of aliphatic hydroxyl groups excluding tert-OH is 1. The third-order valence-electron chi connectivity index (χ3n) is 10.4. The van der Waals surface area contributed by atoms with Gasteiger partial charge in [0.25, 0.3) is 0 Å². The predicted molar refractivity (Wildman–Crippen MR) is 119 cm³/mol. The van der Waals surface area contributed by atoms with Gasteiger partial charge in [0, 0.05) is 0 Å². The Morgan fingerprint density at radius 2 is 1.75 bits per heavy atom. The molecule has 3 saturated carbocycles. The molecule has 3 fully saturated rings. The largest absolute Gasteiger partial charge is 0.393 e. The lowest BCUT2D eigenvalue weighted by Crippen LogP contribution is -2.47. The maximum absolute atomic E-state index is 10.2. The molecule has 0 unspecified atom stereocenters. The van der Waals surface area contributed by atoms with Crippen LogP contribution in [0, 0.1) is 46.8 Å². The highest BCUT2D eigenvalue weighted by Gasteiger charge is 2.54. The first-order valence-corrected chi connectivity index (χ1v) is 12.8. The van der Waals surface area contributed by atoms with E-state index in [1.807, 2.05) is 0 Å². The number of hydrogen-bond acceptors (Lipinski definition) is 1. The molecule has 1 N–H and O–H groups in total. The summed E-state index contributed by atoms with van der Waals surface area (Å²) in [6.45, 7) is 9.90. The van der Waals surface area contributed by atoms with Crippen molar-refractivity contribution < 1.29 is 5.11 Å². The quantitative estimate of drug-likeness (QED) is 0.472. The van der Waals surface area contributed by atoms with Crippen LogP contribution in [-0.2, 0) is 0 Å². The molecule has 0 amide bonds. The summed E-state index contributed by atoms with van der Waals surface area (Å²) in [4.78, 5) is 0. The van der Waals surface area contributed by atoms with Crippen molar-refractivity contribution in [3.63, 3.8) is 0 Å².